The van der Waals surface area contributed by atoms with Crippen molar-refractivity contribution in [2.75, 3.05) is 0 Å². The van der Waals surface area contributed by atoms with Gasteiger partial charge in [-0.1, -0.05) is 48.5 Å². The number of fused-ring (bicyclic) bond motifs is 3. The average Bonchev–Trinajstić information content (AvgIpc) is 3.14. The van der Waals surface area contributed by atoms with E-state index in [-0.39, 0.29) is 11.2 Å². The molecule has 0 atom stereocenters. The van der Waals surface area contributed by atoms with Crippen molar-refractivity contribution in [1.82, 2.24) is 0 Å². The van der Waals surface area contributed by atoms with E-state index in [1.54, 1.807) is 0 Å². The van der Waals surface area contributed by atoms with Crippen LogP contribution in [0.2, 0.25) is 0 Å². The van der Waals surface area contributed by atoms with Crippen LogP contribution in [0.4, 0.5) is 0 Å². The van der Waals surface area contributed by atoms with Gasteiger partial charge in [-0.25, -0.2) is 0 Å². The maximum atomic E-state index is 6.30. The molecule has 28 heavy (non-hydrogen) atoms. The Labute approximate surface area is 165 Å². The number of hydrogen-bond donors (Lipinski definition) is 0. The molecule has 3 aromatic carbocycles. The zero-order valence-corrected chi connectivity index (χ0v) is 16.7. The lowest BCUT2D eigenvalue weighted by Crippen LogP contribution is -2.41. The molecule has 140 valence electrons. The Morgan fingerprint density at radius 3 is 2.11 bits per heavy atom. The van der Waals surface area contributed by atoms with Crippen molar-refractivity contribution in [2.24, 2.45) is 0 Å². The summed E-state index contributed by atoms with van der Waals surface area (Å²) in [7, 11) is -0.396. The highest BCUT2D eigenvalue weighted by atomic mass is 16.7. The third kappa shape index (κ3) is 2.60. The Kier molecular flexibility index (Phi) is 3.74. The van der Waals surface area contributed by atoms with Crippen LogP contribution in [0.25, 0.3) is 33.1 Å². The molecule has 1 fully saturated rings. The first-order chi connectivity index (χ1) is 13.4. The fraction of sp³-hybridized carbons (Fsp3) is 0.250. The van der Waals surface area contributed by atoms with E-state index in [2.05, 4.69) is 64.1 Å². The molecular weight excluding hydrogens is 347 g/mol. The molecule has 0 unspecified atom stereocenters. The Morgan fingerprint density at radius 1 is 0.679 bits per heavy atom. The second-order valence-corrected chi connectivity index (χ2v) is 8.48. The molecule has 0 N–H and O–H groups in total. The van der Waals surface area contributed by atoms with Crippen LogP contribution >= 0.6 is 0 Å². The van der Waals surface area contributed by atoms with Gasteiger partial charge in [-0.05, 0) is 62.5 Å². The van der Waals surface area contributed by atoms with E-state index in [4.69, 9.17) is 13.7 Å². The van der Waals surface area contributed by atoms with Gasteiger partial charge < -0.3 is 13.7 Å². The van der Waals surface area contributed by atoms with E-state index in [1.807, 2.05) is 30.3 Å². The first-order valence-electron chi connectivity index (χ1n) is 9.72. The van der Waals surface area contributed by atoms with Crippen LogP contribution in [0.15, 0.2) is 71.1 Å². The number of para-hydroxylation sites is 1. The number of rotatable bonds is 2. The molecule has 4 heteroatoms. The van der Waals surface area contributed by atoms with Gasteiger partial charge >= 0.3 is 7.12 Å². The van der Waals surface area contributed by atoms with Gasteiger partial charge in [-0.15, -0.1) is 0 Å². The van der Waals surface area contributed by atoms with Crippen LogP contribution in [0, 0.1) is 0 Å². The van der Waals surface area contributed by atoms with Crippen LogP contribution in [-0.4, -0.2) is 18.3 Å². The van der Waals surface area contributed by atoms with E-state index in [9.17, 15) is 0 Å². The number of furan rings is 1. The second kappa shape index (κ2) is 5.97. The van der Waals surface area contributed by atoms with E-state index >= 15 is 0 Å². The lowest BCUT2D eigenvalue weighted by atomic mass is 9.74. The van der Waals surface area contributed by atoms with Gasteiger partial charge in [0.05, 0.1) is 11.2 Å². The largest absolute Gasteiger partial charge is 0.495 e. The third-order valence-corrected chi connectivity index (χ3v) is 6.16. The monoisotopic (exact) mass is 370 g/mol. The average molecular weight is 370 g/mol. The molecule has 0 spiro atoms. The SMILES string of the molecule is CC1(C)OB(c2ccccc2-c2ccc3c(c2)oc2ccccc23)OC1(C)C. The van der Waals surface area contributed by atoms with Crippen LogP contribution in [0.5, 0.6) is 0 Å². The van der Waals surface area contributed by atoms with E-state index in [0.29, 0.717) is 0 Å². The normalized spacial score (nSPS) is 18.2. The standard InChI is InChI=1S/C24H23BO3/c1-23(2)24(3,4)28-25(27-23)20-11-7-5-9-17(20)16-13-14-19-18-10-6-8-12-21(18)26-22(19)15-16/h5-15H,1-4H3. The van der Waals surface area contributed by atoms with Gasteiger partial charge in [-0.3, -0.25) is 0 Å². The van der Waals surface area contributed by atoms with Crippen LogP contribution < -0.4 is 5.46 Å². The van der Waals surface area contributed by atoms with Crippen molar-refractivity contribution in [3.05, 3.63) is 66.7 Å². The minimum atomic E-state index is -0.396. The topological polar surface area (TPSA) is 31.6 Å². The van der Waals surface area contributed by atoms with Crippen LogP contribution in [0.1, 0.15) is 27.7 Å². The molecule has 3 nitrogen and oxygen atoms in total. The summed E-state index contributed by atoms with van der Waals surface area (Å²) in [6.07, 6.45) is 0. The molecule has 0 radical (unpaired) electrons. The van der Waals surface area contributed by atoms with Gasteiger partial charge in [-0.2, -0.15) is 0 Å². The second-order valence-electron chi connectivity index (χ2n) is 8.48. The maximum Gasteiger partial charge on any atom is 0.495 e. The fourth-order valence-electron chi connectivity index (χ4n) is 3.83. The van der Waals surface area contributed by atoms with Crippen molar-refractivity contribution in [2.45, 2.75) is 38.9 Å². The van der Waals surface area contributed by atoms with Gasteiger partial charge in [0.2, 0.25) is 0 Å². The Bertz CT molecular complexity index is 1170. The molecule has 0 amide bonds. The molecular formula is C24H23BO3. The zero-order chi connectivity index (χ0) is 19.5. The predicted octanol–water partition coefficient (Wildman–Crippen LogP) is 5.55. The third-order valence-electron chi connectivity index (χ3n) is 6.16. The quantitative estimate of drug-likeness (QED) is 0.434. The van der Waals surface area contributed by atoms with Gasteiger partial charge in [0.15, 0.2) is 0 Å². The molecule has 1 aliphatic heterocycles. The first kappa shape index (κ1) is 17.5. The minimum absolute atomic E-state index is 0.368. The first-order valence-corrected chi connectivity index (χ1v) is 9.72. The predicted molar refractivity (Wildman–Crippen MR) is 115 cm³/mol. The lowest BCUT2D eigenvalue weighted by molar-refractivity contribution is 0.00578. The molecule has 0 aliphatic carbocycles. The van der Waals surface area contributed by atoms with Crippen molar-refractivity contribution >= 4 is 34.5 Å². The molecule has 0 saturated carbocycles. The Morgan fingerprint density at radius 2 is 1.32 bits per heavy atom. The van der Waals surface area contributed by atoms with Crippen LogP contribution in [-0.2, 0) is 9.31 Å². The highest BCUT2D eigenvalue weighted by Gasteiger charge is 2.52. The Hall–Kier alpha value is -2.56. The lowest BCUT2D eigenvalue weighted by Gasteiger charge is -2.32. The van der Waals surface area contributed by atoms with Gasteiger partial charge in [0, 0.05) is 10.8 Å². The number of benzene rings is 3. The summed E-state index contributed by atoms with van der Waals surface area (Å²) in [5.41, 5.74) is 4.30. The van der Waals surface area contributed by atoms with Crippen molar-refractivity contribution in [3.8, 4) is 11.1 Å². The van der Waals surface area contributed by atoms with Gasteiger partial charge in [0.1, 0.15) is 11.2 Å². The summed E-state index contributed by atoms with van der Waals surface area (Å²) in [6.45, 7) is 8.32. The van der Waals surface area contributed by atoms with Crippen molar-refractivity contribution in [1.29, 1.82) is 0 Å². The fourth-order valence-corrected chi connectivity index (χ4v) is 3.83. The van der Waals surface area contributed by atoms with E-state index in [0.717, 1.165) is 38.5 Å². The molecule has 1 saturated heterocycles. The van der Waals surface area contributed by atoms with Crippen LogP contribution in [0.3, 0.4) is 0 Å². The highest BCUT2D eigenvalue weighted by molar-refractivity contribution is 6.63. The highest BCUT2D eigenvalue weighted by Crippen LogP contribution is 2.38. The van der Waals surface area contributed by atoms with Gasteiger partial charge in [0.25, 0.3) is 0 Å². The molecule has 5 rings (SSSR count). The maximum absolute atomic E-state index is 6.30. The smallest absolute Gasteiger partial charge is 0.456 e. The molecule has 1 aromatic heterocycles. The van der Waals surface area contributed by atoms with Crippen molar-refractivity contribution < 1.29 is 13.7 Å². The molecule has 0 bridgehead atoms. The summed E-state index contributed by atoms with van der Waals surface area (Å²) in [6, 6.07) is 22.8. The summed E-state index contributed by atoms with van der Waals surface area (Å²) >= 11 is 0. The summed E-state index contributed by atoms with van der Waals surface area (Å²) in [4.78, 5) is 0. The number of hydrogen-bond acceptors (Lipinski definition) is 3. The van der Waals surface area contributed by atoms with E-state index in [1.165, 1.54) is 0 Å². The molecule has 4 aromatic rings. The molecule has 1 aliphatic rings. The zero-order valence-electron chi connectivity index (χ0n) is 16.7. The Balaban J connectivity index is 1.62. The molecule has 2 heterocycles. The summed E-state index contributed by atoms with van der Waals surface area (Å²) in [5.74, 6) is 0. The summed E-state index contributed by atoms with van der Waals surface area (Å²) in [5, 5.41) is 2.27. The minimum Gasteiger partial charge on any atom is -0.456 e. The van der Waals surface area contributed by atoms with Crippen molar-refractivity contribution in [3.63, 3.8) is 0 Å². The van der Waals surface area contributed by atoms with E-state index < -0.39 is 7.12 Å². The summed E-state index contributed by atoms with van der Waals surface area (Å²) < 4.78 is 18.7.